The maximum atomic E-state index is 5.02. The van der Waals surface area contributed by atoms with E-state index < -0.39 is 0 Å². The van der Waals surface area contributed by atoms with Gasteiger partial charge in [0, 0.05) is 18.3 Å². The fourth-order valence-electron chi connectivity index (χ4n) is 2.48. The van der Waals surface area contributed by atoms with Crippen LogP contribution in [0.1, 0.15) is 37.9 Å². The number of nitrogens with one attached hydrogen (secondary N) is 2. The zero-order valence-corrected chi connectivity index (χ0v) is 11.6. The predicted molar refractivity (Wildman–Crippen MR) is 77.1 cm³/mol. The first-order chi connectivity index (χ1) is 9.79. The van der Waals surface area contributed by atoms with Gasteiger partial charge in [0.1, 0.15) is 11.6 Å². The molecule has 6 heteroatoms. The molecule has 0 aliphatic heterocycles. The summed E-state index contributed by atoms with van der Waals surface area (Å²) >= 11 is 0. The van der Waals surface area contributed by atoms with E-state index >= 15 is 0 Å². The van der Waals surface area contributed by atoms with E-state index in [-0.39, 0.29) is 0 Å². The summed E-state index contributed by atoms with van der Waals surface area (Å²) in [6, 6.07) is 4.14. The van der Waals surface area contributed by atoms with Crippen LogP contribution >= 0.6 is 0 Å². The zero-order valence-electron chi connectivity index (χ0n) is 11.6. The number of hydrogen-bond donors (Lipinski definition) is 2. The third kappa shape index (κ3) is 3.26. The molecule has 0 bridgehead atoms. The van der Waals surface area contributed by atoms with Crippen molar-refractivity contribution in [2.45, 2.75) is 45.1 Å². The summed E-state index contributed by atoms with van der Waals surface area (Å²) < 4.78 is 5.02. The Labute approximate surface area is 118 Å². The molecule has 3 rings (SSSR count). The van der Waals surface area contributed by atoms with Gasteiger partial charge >= 0.3 is 0 Å². The van der Waals surface area contributed by atoms with E-state index in [1.165, 1.54) is 32.1 Å². The second-order valence-electron chi connectivity index (χ2n) is 5.19. The van der Waals surface area contributed by atoms with E-state index in [1.807, 2.05) is 19.1 Å². The van der Waals surface area contributed by atoms with Gasteiger partial charge in [0.05, 0.1) is 0 Å². The first-order valence-electron chi connectivity index (χ1n) is 7.09. The highest BCUT2D eigenvalue weighted by Gasteiger charge is 2.14. The molecule has 106 valence electrons. The lowest BCUT2D eigenvalue weighted by atomic mass is 9.96. The van der Waals surface area contributed by atoms with Crippen LogP contribution in [0.4, 0.5) is 17.6 Å². The van der Waals surface area contributed by atoms with E-state index in [1.54, 1.807) is 6.20 Å². The van der Waals surface area contributed by atoms with E-state index in [0.29, 0.717) is 23.6 Å². The van der Waals surface area contributed by atoms with Gasteiger partial charge in [-0.15, -0.1) is 0 Å². The summed E-state index contributed by atoms with van der Waals surface area (Å²) in [6.45, 7) is 1.86. The predicted octanol–water partition coefficient (Wildman–Crippen LogP) is 3.26. The molecule has 0 spiro atoms. The minimum absolute atomic E-state index is 0.494. The summed E-state index contributed by atoms with van der Waals surface area (Å²) in [4.78, 5) is 8.73. The normalized spacial score (nSPS) is 16.1. The number of hydrogen-bond acceptors (Lipinski definition) is 6. The molecule has 6 nitrogen and oxygen atoms in total. The van der Waals surface area contributed by atoms with Gasteiger partial charge in [-0.05, 0) is 25.8 Å². The van der Waals surface area contributed by atoms with Crippen LogP contribution in [-0.4, -0.2) is 21.2 Å². The maximum absolute atomic E-state index is 5.02. The molecule has 0 saturated heterocycles. The molecule has 1 aliphatic rings. The van der Waals surface area contributed by atoms with E-state index in [0.717, 1.165) is 5.76 Å². The quantitative estimate of drug-likeness (QED) is 0.890. The van der Waals surface area contributed by atoms with Crippen LogP contribution in [0.5, 0.6) is 0 Å². The van der Waals surface area contributed by atoms with Crippen molar-refractivity contribution in [3.05, 3.63) is 24.1 Å². The zero-order chi connectivity index (χ0) is 13.8. The molecule has 1 fully saturated rings. The minimum Gasteiger partial charge on any atom is -0.360 e. The highest BCUT2D eigenvalue weighted by molar-refractivity contribution is 5.52. The van der Waals surface area contributed by atoms with Crippen LogP contribution in [0.15, 0.2) is 22.9 Å². The highest BCUT2D eigenvalue weighted by Crippen LogP contribution is 2.21. The van der Waals surface area contributed by atoms with Crippen molar-refractivity contribution in [1.29, 1.82) is 0 Å². The Morgan fingerprint density at radius 3 is 2.80 bits per heavy atom. The van der Waals surface area contributed by atoms with Gasteiger partial charge in [0.2, 0.25) is 5.95 Å². The molecule has 1 saturated carbocycles. The molecule has 2 aromatic heterocycles. The summed E-state index contributed by atoms with van der Waals surface area (Å²) in [5.41, 5.74) is 0. The summed E-state index contributed by atoms with van der Waals surface area (Å²) in [7, 11) is 0. The molecule has 0 atom stereocenters. The van der Waals surface area contributed by atoms with Crippen molar-refractivity contribution in [3.63, 3.8) is 0 Å². The second-order valence-corrected chi connectivity index (χ2v) is 5.19. The Morgan fingerprint density at radius 1 is 1.20 bits per heavy atom. The Kier molecular flexibility index (Phi) is 3.80. The van der Waals surface area contributed by atoms with Crippen molar-refractivity contribution in [2.75, 3.05) is 10.6 Å². The number of aromatic nitrogens is 3. The van der Waals surface area contributed by atoms with Crippen molar-refractivity contribution in [2.24, 2.45) is 0 Å². The van der Waals surface area contributed by atoms with Gasteiger partial charge in [0.25, 0.3) is 0 Å². The lowest BCUT2D eigenvalue weighted by molar-refractivity contribution is 0.400. The van der Waals surface area contributed by atoms with Gasteiger partial charge in [-0.3, -0.25) is 0 Å². The second kappa shape index (κ2) is 5.90. The van der Waals surface area contributed by atoms with Gasteiger partial charge in [-0.25, -0.2) is 4.98 Å². The van der Waals surface area contributed by atoms with Crippen LogP contribution in [0.3, 0.4) is 0 Å². The average molecular weight is 273 g/mol. The molecular formula is C14H19N5O. The average Bonchev–Trinajstić information content (AvgIpc) is 2.86. The molecule has 0 radical (unpaired) electrons. The molecule has 0 amide bonds. The van der Waals surface area contributed by atoms with Gasteiger partial charge in [0.15, 0.2) is 5.82 Å². The summed E-state index contributed by atoms with van der Waals surface area (Å²) in [6.07, 6.45) is 8.05. The molecular weight excluding hydrogens is 254 g/mol. The van der Waals surface area contributed by atoms with Crippen LogP contribution in [-0.2, 0) is 0 Å². The van der Waals surface area contributed by atoms with Gasteiger partial charge in [-0.1, -0.05) is 24.4 Å². The first-order valence-corrected chi connectivity index (χ1v) is 7.09. The Bertz CT molecular complexity index is 562. The lowest BCUT2D eigenvalue weighted by Crippen LogP contribution is -2.23. The van der Waals surface area contributed by atoms with Crippen molar-refractivity contribution < 1.29 is 4.52 Å². The maximum Gasteiger partial charge on any atom is 0.224 e. The number of aryl methyl sites for hydroxylation is 1. The standard InChI is InChI=1S/C14H19N5O/c1-10-9-13(19-20-10)17-12-7-8-15-14(18-12)16-11-5-3-2-4-6-11/h7-9,11H,2-6H2,1H3,(H2,15,16,17,18,19). The molecule has 1 aliphatic carbocycles. The van der Waals surface area contributed by atoms with Crippen LogP contribution in [0.25, 0.3) is 0 Å². The smallest absolute Gasteiger partial charge is 0.224 e. The Balaban J connectivity index is 1.65. The van der Waals surface area contributed by atoms with E-state index in [2.05, 4.69) is 25.8 Å². The summed E-state index contributed by atoms with van der Waals surface area (Å²) in [5, 5.41) is 10.4. The van der Waals surface area contributed by atoms with Crippen LogP contribution in [0.2, 0.25) is 0 Å². The number of rotatable bonds is 4. The monoisotopic (exact) mass is 273 g/mol. The Morgan fingerprint density at radius 2 is 2.05 bits per heavy atom. The summed E-state index contributed by atoms with van der Waals surface area (Å²) in [5.74, 6) is 2.81. The van der Waals surface area contributed by atoms with E-state index in [4.69, 9.17) is 4.52 Å². The third-order valence-electron chi connectivity index (χ3n) is 3.48. The largest absolute Gasteiger partial charge is 0.360 e. The topological polar surface area (TPSA) is 75.9 Å². The van der Waals surface area contributed by atoms with Gasteiger partial charge in [-0.2, -0.15) is 4.98 Å². The molecule has 0 unspecified atom stereocenters. The van der Waals surface area contributed by atoms with Crippen molar-refractivity contribution in [1.82, 2.24) is 15.1 Å². The first kappa shape index (κ1) is 12.9. The number of anilines is 3. The van der Waals surface area contributed by atoms with Crippen molar-refractivity contribution in [3.8, 4) is 0 Å². The highest BCUT2D eigenvalue weighted by atomic mass is 16.5. The van der Waals surface area contributed by atoms with Gasteiger partial charge < -0.3 is 15.2 Å². The molecule has 20 heavy (non-hydrogen) atoms. The lowest BCUT2D eigenvalue weighted by Gasteiger charge is -2.22. The fourth-order valence-corrected chi connectivity index (χ4v) is 2.48. The number of nitrogens with zero attached hydrogens (tertiary/aromatic N) is 3. The molecule has 2 N–H and O–H groups in total. The molecule has 0 aromatic carbocycles. The minimum atomic E-state index is 0.494. The van der Waals surface area contributed by atoms with E-state index in [9.17, 15) is 0 Å². The fraction of sp³-hybridized carbons (Fsp3) is 0.500. The Hall–Kier alpha value is -2.11. The third-order valence-corrected chi connectivity index (χ3v) is 3.48. The van der Waals surface area contributed by atoms with Crippen molar-refractivity contribution >= 4 is 17.6 Å². The molecule has 2 heterocycles. The van der Waals surface area contributed by atoms with Crippen LogP contribution in [0, 0.1) is 6.92 Å². The van der Waals surface area contributed by atoms with Crippen LogP contribution < -0.4 is 10.6 Å². The molecule has 2 aromatic rings. The SMILES string of the molecule is Cc1cc(Nc2ccnc(NC3CCCCC3)n2)no1.